The Morgan fingerprint density at radius 1 is 1.18 bits per heavy atom. The average molecular weight is 395 g/mol. The van der Waals surface area contributed by atoms with Gasteiger partial charge in [0.05, 0.1) is 6.54 Å². The van der Waals surface area contributed by atoms with E-state index in [1.165, 1.54) is 5.56 Å². The van der Waals surface area contributed by atoms with Crippen LogP contribution in [0.25, 0.3) is 21.9 Å². The number of piperidine rings is 1. The zero-order valence-electron chi connectivity index (χ0n) is 16.1. The van der Waals surface area contributed by atoms with E-state index in [2.05, 4.69) is 24.0 Å². The van der Waals surface area contributed by atoms with Crippen molar-refractivity contribution in [3.8, 4) is 16.9 Å². The Hall–Kier alpha value is -2.59. The van der Waals surface area contributed by atoms with Gasteiger partial charge in [0, 0.05) is 30.6 Å². The van der Waals surface area contributed by atoms with E-state index in [4.69, 9.17) is 16.3 Å². The predicted octanol–water partition coefficient (Wildman–Crippen LogP) is 5.25. The largest absolute Gasteiger partial charge is 0.489 e. The summed E-state index contributed by atoms with van der Waals surface area (Å²) in [6.45, 7) is 5.14. The van der Waals surface area contributed by atoms with Crippen LogP contribution in [0.5, 0.6) is 5.75 Å². The number of rotatable bonds is 3. The summed E-state index contributed by atoms with van der Waals surface area (Å²) in [5.41, 5.74) is 3.40. The molecule has 28 heavy (non-hydrogen) atoms. The van der Waals surface area contributed by atoms with E-state index in [1.807, 2.05) is 41.4 Å². The van der Waals surface area contributed by atoms with Crippen LogP contribution in [0.15, 0.2) is 48.7 Å². The topological polar surface area (TPSA) is 42.4 Å². The van der Waals surface area contributed by atoms with Crippen LogP contribution in [-0.2, 0) is 4.79 Å². The quantitative estimate of drug-likeness (QED) is 0.569. The van der Waals surface area contributed by atoms with E-state index in [0.29, 0.717) is 11.7 Å². The molecule has 1 amide bonds. The Bertz CT molecular complexity index is 1030. The second-order valence-corrected chi connectivity index (χ2v) is 7.69. The van der Waals surface area contributed by atoms with Crippen LogP contribution in [0.2, 0.25) is 5.15 Å². The minimum absolute atomic E-state index is 0.00128. The summed E-state index contributed by atoms with van der Waals surface area (Å²) < 4.78 is 6.19. The molecule has 1 saturated heterocycles. The third kappa shape index (κ3) is 3.69. The van der Waals surface area contributed by atoms with E-state index in [1.54, 1.807) is 6.92 Å². The number of benzene rings is 2. The van der Waals surface area contributed by atoms with Gasteiger partial charge in [-0.25, -0.2) is 4.98 Å². The summed E-state index contributed by atoms with van der Waals surface area (Å²) in [7, 11) is 0. The summed E-state index contributed by atoms with van der Waals surface area (Å²) in [6, 6.07) is 14.2. The molecule has 2 heterocycles. The Balaban J connectivity index is 1.67. The molecule has 4 nitrogen and oxygen atoms in total. The van der Waals surface area contributed by atoms with E-state index in [9.17, 15) is 4.79 Å². The maximum Gasteiger partial charge on any atom is 0.219 e. The van der Waals surface area contributed by atoms with Gasteiger partial charge in [-0.15, -0.1) is 0 Å². The number of carbonyl (C=O) groups is 1. The molecule has 0 bridgehead atoms. The molecule has 0 spiro atoms. The van der Waals surface area contributed by atoms with Crippen LogP contribution >= 0.6 is 11.6 Å². The number of amides is 1. The third-order valence-corrected chi connectivity index (χ3v) is 5.67. The minimum atomic E-state index is 0.00128. The lowest BCUT2D eigenvalue weighted by Crippen LogP contribution is -2.43. The molecule has 3 aromatic rings. The number of ether oxygens (including phenoxy) is 1. The van der Waals surface area contributed by atoms with E-state index >= 15 is 0 Å². The summed E-state index contributed by atoms with van der Waals surface area (Å²) in [6.07, 6.45) is 3.73. The fourth-order valence-electron chi connectivity index (χ4n) is 3.87. The fraction of sp³-hybridized carbons (Fsp3) is 0.304. The number of halogens is 1. The van der Waals surface area contributed by atoms with Gasteiger partial charge in [-0.05, 0) is 54.5 Å². The van der Waals surface area contributed by atoms with Gasteiger partial charge in [-0.3, -0.25) is 4.79 Å². The second-order valence-electron chi connectivity index (χ2n) is 7.33. The van der Waals surface area contributed by atoms with Crippen molar-refractivity contribution < 1.29 is 9.53 Å². The van der Waals surface area contributed by atoms with Crippen molar-refractivity contribution in [2.45, 2.75) is 32.8 Å². The first-order valence-electron chi connectivity index (χ1n) is 9.59. The number of nitrogens with zero attached hydrogens (tertiary/aromatic N) is 2. The molecule has 0 radical (unpaired) electrons. The SMILES string of the molecule is CC(=O)N1CCCC(Oc2ccc3c(-c4ccccc4C)cnc(Cl)c3c2)C1. The highest BCUT2D eigenvalue weighted by Gasteiger charge is 2.23. The molecular weight excluding hydrogens is 372 g/mol. The van der Waals surface area contributed by atoms with Crippen molar-refractivity contribution in [3.63, 3.8) is 0 Å². The van der Waals surface area contributed by atoms with Gasteiger partial charge >= 0.3 is 0 Å². The standard InChI is InChI=1S/C23H23ClN2O2/c1-15-6-3-4-8-19(15)22-13-25-23(24)21-12-17(9-10-20(21)22)28-18-7-5-11-26(14-18)16(2)27/h3-4,6,8-10,12-13,18H,5,7,11,14H2,1-2H3. The van der Waals surface area contributed by atoms with Gasteiger partial charge < -0.3 is 9.64 Å². The first-order valence-corrected chi connectivity index (χ1v) is 9.97. The van der Waals surface area contributed by atoms with Crippen molar-refractivity contribution in [2.24, 2.45) is 0 Å². The van der Waals surface area contributed by atoms with Crippen molar-refractivity contribution in [2.75, 3.05) is 13.1 Å². The summed E-state index contributed by atoms with van der Waals surface area (Å²) >= 11 is 6.42. The molecule has 5 heteroatoms. The van der Waals surface area contributed by atoms with Crippen molar-refractivity contribution in [1.82, 2.24) is 9.88 Å². The third-order valence-electron chi connectivity index (χ3n) is 5.37. The van der Waals surface area contributed by atoms with Gasteiger partial charge in [0.2, 0.25) is 5.91 Å². The smallest absolute Gasteiger partial charge is 0.219 e. The normalized spacial score (nSPS) is 17.0. The molecular formula is C23H23ClN2O2. The minimum Gasteiger partial charge on any atom is -0.489 e. The van der Waals surface area contributed by atoms with Crippen LogP contribution in [-0.4, -0.2) is 35.0 Å². The van der Waals surface area contributed by atoms with Crippen LogP contribution in [0.4, 0.5) is 0 Å². The Kier molecular flexibility index (Phi) is 5.23. The molecule has 144 valence electrons. The lowest BCUT2D eigenvalue weighted by molar-refractivity contribution is -0.131. The average Bonchev–Trinajstić information content (AvgIpc) is 2.70. The van der Waals surface area contributed by atoms with Gasteiger partial charge in [-0.2, -0.15) is 0 Å². The Morgan fingerprint density at radius 3 is 2.79 bits per heavy atom. The maximum atomic E-state index is 11.7. The van der Waals surface area contributed by atoms with Crippen molar-refractivity contribution >= 4 is 28.3 Å². The highest BCUT2D eigenvalue weighted by atomic mass is 35.5. The van der Waals surface area contributed by atoms with E-state index in [0.717, 1.165) is 47.0 Å². The van der Waals surface area contributed by atoms with Gasteiger partial charge in [0.1, 0.15) is 17.0 Å². The van der Waals surface area contributed by atoms with Gasteiger partial charge in [0.15, 0.2) is 0 Å². The molecule has 0 N–H and O–H groups in total. The maximum absolute atomic E-state index is 11.7. The molecule has 1 aliphatic rings. The number of hydrogen-bond donors (Lipinski definition) is 0. The van der Waals surface area contributed by atoms with Crippen molar-refractivity contribution in [1.29, 1.82) is 0 Å². The van der Waals surface area contributed by atoms with Crippen molar-refractivity contribution in [3.05, 3.63) is 59.4 Å². The van der Waals surface area contributed by atoms with Gasteiger partial charge in [-0.1, -0.05) is 35.9 Å². The lowest BCUT2D eigenvalue weighted by Gasteiger charge is -2.32. The van der Waals surface area contributed by atoms with Crippen LogP contribution in [0.1, 0.15) is 25.3 Å². The first-order chi connectivity index (χ1) is 13.5. The molecule has 1 fully saturated rings. The molecule has 1 unspecified atom stereocenters. The molecule has 1 aliphatic heterocycles. The number of fused-ring (bicyclic) bond motifs is 1. The van der Waals surface area contributed by atoms with Gasteiger partial charge in [0.25, 0.3) is 0 Å². The molecule has 0 saturated carbocycles. The lowest BCUT2D eigenvalue weighted by atomic mass is 9.97. The van der Waals surface area contributed by atoms with Crippen LogP contribution in [0.3, 0.4) is 0 Å². The Morgan fingerprint density at radius 2 is 2.00 bits per heavy atom. The zero-order chi connectivity index (χ0) is 19.7. The molecule has 1 atom stereocenters. The summed E-state index contributed by atoms with van der Waals surface area (Å²) in [5, 5.41) is 2.39. The number of likely N-dealkylation sites (tertiary alicyclic amines) is 1. The summed E-state index contributed by atoms with van der Waals surface area (Å²) in [4.78, 5) is 17.9. The second kappa shape index (κ2) is 7.80. The summed E-state index contributed by atoms with van der Waals surface area (Å²) in [5.74, 6) is 0.857. The highest BCUT2D eigenvalue weighted by molar-refractivity contribution is 6.34. The van der Waals surface area contributed by atoms with E-state index < -0.39 is 0 Å². The monoisotopic (exact) mass is 394 g/mol. The van der Waals surface area contributed by atoms with Crippen LogP contribution in [0, 0.1) is 6.92 Å². The predicted molar refractivity (Wildman–Crippen MR) is 113 cm³/mol. The molecule has 1 aromatic heterocycles. The van der Waals surface area contributed by atoms with Crippen LogP contribution < -0.4 is 4.74 Å². The number of aromatic nitrogens is 1. The van der Waals surface area contributed by atoms with E-state index in [-0.39, 0.29) is 12.0 Å². The molecule has 2 aromatic carbocycles. The highest BCUT2D eigenvalue weighted by Crippen LogP contribution is 2.35. The molecule has 4 rings (SSSR count). The number of pyridine rings is 1. The first kappa shape index (κ1) is 18.8. The number of hydrogen-bond acceptors (Lipinski definition) is 3. The zero-order valence-corrected chi connectivity index (χ0v) is 16.9. The number of aryl methyl sites for hydroxylation is 1. The number of carbonyl (C=O) groups excluding carboxylic acids is 1. The molecule has 0 aliphatic carbocycles. The Labute approximate surface area is 170 Å². The fourth-order valence-corrected chi connectivity index (χ4v) is 4.07.